The summed E-state index contributed by atoms with van der Waals surface area (Å²) in [5, 5.41) is 23.7. The number of nitrogens with two attached hydrogens (primary N) is 1. The maximum absolute atomic E-state index is 12.2. The van der Waals surface area contributed by atoms with Gasteiger partial charge in [-0.2, -0.15) is 0 Å². The Morgan fingerprint density at radius 3 is 2.70 bits per heavy atom. The molecular formula is C15H17N3O5. The van der Waals surface area contributed by atoms with Crippen LogP contribution >= 0.6 is 0 Å². The van der Waals surface area contributed by atoms with Crippen LogP contribution in [0.25, 0.3) is 0 Å². The number of amides is 1. The first-order chi connectivity index (χ1) is 10.7. The molecule has 8 nitrogen and oxygen atoms in total. The Bertz CT molecular complexity index is 751. The summed E-state index contributed by atoms with van der Waals surface area (Å²) in [6.07, 6.45) is 0. The normalized spacial score (nSPS) is 13.3. The lowest BCUT2D eigenvalue weighted by Gasteiger charge is -2.21. The number of rotatable bonds is 5. The van der Waals surface area contributed by atoms with Crippen LogP contribution in [0.5, 0.6) is 0 Å². The number of nitro benzene ring substituents is 1. The molecule has 2 aromatic rings. The Hall–Kier alpha value is -2.87. The molecule has 1 aromatic heterocycles. The Balaban J connectivity index is 2.14. The minimum atomic E-state index is -1.42. The molecule has 1 aromatic carbocycles. The standard InChI is InChI=1S/C15H17N3O5/c1-9-6-7-12(23-9)15(2,20)8-17-14(19)10-4-3-5-11(13(10)16)18(21)22/h3-7,20H,8,16H2,1-2H3,(H,17,19). The highest BCUT2D eigenvalue weighted by molar-refractivity contribution is 6.01. The first-order valence-electron chi connectivity index (χ1n) is 6.83. The second-order valence-electron chi connectivity index (χ2n) is 5.36. The van der Waals surface area contributed by atoms with Crippen LogP contribution in [0.3, 0.4) is 0 Å². The third-order valence-electron chi connectivity index (χ3n) is 3.39. The molecule has 1 heterocycles. The second kappa shape index (κ2) is 6.09. The lowest BCUT2D eigenvalue weighted by molar-refractivity contribution is -0.383. The van der Waals surface area contributed by atoms with Crippen LogP contribution in [0.2, 0.25) is 0 Å². The van der Waals surface area contributed by atoms with E-state index in [1.165, 1.54) is 25.1 Å². The molecule has 0 aliphatic heterocycles. The van der Waals surface area contributed by atoms with E-state index in [-0.39, 0.29) is 23.5 Å². The van der Waals surface area contributed by atoms with Crippen LogP contribution in [0, 0.1) is 17.0 Å². The van der Waals surface area contributed by atoms with Gasteiger partial charge in [-0.25, -0.2) is 0 Å². The van der Waals surface area contributed by atoms with E-state index in [1.807, 2.05) is 0 Å². The predicted octanol–water partition coefficient (Wildman–Crippen LogP) is 1.72. The van der Waals surface area contributed by atoms with Crippen molar-refractivity contribution in [2.45, 2.75) is 19.4 Å². The van der Waals surface area contributed by atoms with E-state index < -0.39 is 16.4 Å². The molecule has 4 N–H and O–H groups in total. The van der Waals surface area contributed by atoms with Gasteiger partial charge >= 0.3 is 0 Å². The lowest BCUT2D eigenvalue weighted by Crippen LogP contribution is -2.38. The number of furan rings is 1. The molecule has 0 aliphatic rings. The summed E-state index contributed by atoms with van der Waals surface area (Å²) in [5.74, 6) is 0.326. The van der Waals surface area contributed by atoms with Gasteiger partial charge in [0.2, 0.25) is 0 Å². The number of anilines is 1. The Kier molecular flexibility index (Phi) is 4.37. The number of hydrogen-bond acceptors (Lipinski definition) is 6. The Morgan fingerprint density at radius 1 is 1.43 bits per heavy atom. The molecule has 23 heavy (non-hydrogen) atoms. The number of aliphatic hydroxyl groups is 1. The molecule has 1 unspecified atom stereocenters. The van der Waals surface area contributed by atoms with Crippen LogP contribution in [0.1, 0.15) is 28.8 Å². The third kappa shape index (κ3) is 3.49. The summed E-state index contributed by atoms with van der Waals surface area (Å²) in [4.78, 5) is 22.4. The van der Waals surface area contributed by atoms with E-state index in [0.717, 1.165) is 0 Å². The Labute approximate surface area is 132 Å². The van der Waals surface area contributed by atoms with Crippen molar-refractivity contribution in [1.82, 2.24) is 5.32 Å². The van der Waals surface area contributed by atoms with Crippen molar-refractivity contribution in [3.63, 3.8) is 0 Å². The fourth-order valence-corrected chi connectivity index (χ4v) is 2.07. The quantitative estimate of drug-likeness (QED) is 0.437. The number of nitrogens with zero attached hydrogens (tertiary/aromatic N) is 1. The first kappa shape index (κ1) is 16.5. The lowest BCUT2D eigenvalue weighted by atomic mass is 10.0. The van der Waals surface area contributed by atoms with Gasteiger partial charge in [0.25, 0.3) is 11.6 Å². The van der Waals surface area contributed by atoms with Crippen molar-refractivity contribution < 1.29 is 19.2 Å². The van der Waals surface area contributed by atoms with Gasteiger partial charge in [0, 0.05) is 6.07 Å². The number of nitrogen functional groups attached to an aromatic ring is 1. The minimum Gasteiger partial charge on any atom is -0.463 e. The van der Waals surface area contributed by atoms with Gasteiger partial charge in [-0.05, 0) is 32.0 Å². The zero-order valence-corrected chi connectivity index (χ0v) is 12.7. The van der Waals surface area contributed by atoms with E-state index in [4.69, 9.17) is 10.2 Å². The molecule has 0 aliphatic carbocycles. The molecule has 8 heteroatoms. The molecule has 0 fully saturated rings. The molecule has 0 spiro atoms. The van der Waals surface area contributed by atoms with Crippen molar-refractivity contribution >= 4 is 17.3 Å². The molecule has 2 rings (SSSR count). The number of benzene rings is 1. The highest BCUT2D eigenvalue weighted by Gasteiger charge is 2.28. The number of carbonyl (C=O) groups excluding carboxylic acids is 1. The summed E-state index contributed by atoms with van der Waals surface area (Å²) in [6.45, 7) is 3.09. The highest BCUT2D eigenvalue weighted by Crippen LogP contribution is 2.25. The maximum atomic E-state index is 12.2. The summed E-state index contributed by atoms with van der Waals surface area (Å²) in [7, 11) is 0. The predicted molar refractivity (Wildman–Crippen MR) is 82.9 cm³/mol. The SMILES string of the molecule is Cc1ccc(C(C)(O)CNC(=O)c2cccc([N+](=O)[O-])c2N)o1. The average molecular weight is 319 g/mol. The van der Waals surface area contributed by atoms with Crippen molar-refractivity contribution in [3.05, 3.63) is 57.5 Å². The van der Waals surface area contributed by atoms with Crippen LogP contribution in [0.15, 0.2) is 34.7 Å². The summed E-state index contributed by atoms with van der Waals surface area (Å²) >= 11 is 0. The Morgan fingerprint density at radius 2 is 2.13 bits per heavy atom. The number of hydrogen-bond donors (Lipinski definition) is 3. The van der Waals surface area contributed by atoms with E-state index in [9.17, 15) is 20.0 Å². The molecular weight excluding hydrogens is 302 g/mol. The smallest absolute Gasteiger partial charge is 0.292 e. The molecule has 0 saturated carbocycles. The summed E-state index contributed by atoms with van der Waals surface area (Å²) in [6, 6.07) is 7.28. The van der Waals surface area contributed by atoms with Gasteiger partial charge in [-0.1, -0.05) is 6.07 Å². The number of nitro groups is 1. The summed E-state index contributed by atoms with van der Waals surface area (Å²) in [5.41, 5.74) is 3.66. The van der Waals surface area contributed by atoms with Gasteiger partial charge in [-0.15, -0.1) is 0 Å². The molecule has 122 valence electrons. The molecule has 0 bridgehead atoms. The zero-order chi connectivity index (χ0) is 17.2. The number of aryl methyl sites for hydroxylation is 1. The monoisotopic (exact) mass is 319 g/mol. The van der Waals surface area contributed by atoms with Gasteiger partial charge < -0.3 is 20.6 Å². The highest BCUT2D eigenvalue weighted by atomic mass is 16.6. The second-order valence-corrected chi connectivity index (χ2v) is 5.36. The topological polar surface area (TPSA) is 132 Å². The average Bonchev–Trinajstić information content (AvgIpc) is 2.92. The molecule has 0 radical (unpaired) electrons. The van der Waals surface area contributed by atoms with Crippen LogP contribution < -0.4 is 11.1 Å². The van der Waals surface area contributed by atoms with E-state index >= 15 is 0 Å². The van der Waals surface area contributed by atoms with Gasteiger partial charge in [0.1, 0.15) is 22.8 Å². The van der Waals surface area contributed by atoms with Crippen LogP contribution in [-0.4, -0.2) is 22.5 Å². The van der Waals surface area contributed by atoms with E-state index in [2.05, 4.69) is 5.32 Å². The summed E-state index contributed by atoms with van der Waals surface area (Å²) < 4.78 is 5.35. The first-order valence-corrected chi connectivity index (χ1v) is 6.83. The molecule has 0 saturated heterocycles. The third-order valence-corrected chi connectivity index (χ3v) is 3.39. The van der Waals surface area contributed by atoms with Crippen molar-refractivity contribution in [2.24, 2.45) is 0 Å². The largest absolute Gasteiger partial charge is 0.463 e. The molecule has 1 amide bonds. The van der Waals surface area contributed by atoms with E-state index in [1.54, 1.807) is 19.1 Å². The minimum absolute atomic E-state index is 0.0226. The van der Waals surface area contributed by atoms with Crippen LogP contribution in [-0.2, 0) is 5.60 Å². The zero-order valence-electron chi connectivity index (χ0n) is 12.7. The number of para-hydroxylation sites is 1. The van der Waals surface area contributed by atoms with Crippen LogP contribution in [0.4, 0.5) is 11.4 Å². The fraction of sp³-hybridized carbons (Fsp3) is 0.267. The van der Waals surface area contributed by atoms with Gasteiger partial charge in [-0.3, -0.25) is 14.9 Å². The van der Waals surface area contributed by atoms with Crippen molar-refractivity contribution in [3.8, 4) is 0 Å². The van der Waals surface area contributed by atoms with Gasteiger partial charge in [0.15, 0.2) is 0 Å². The van der Waals surface area contributed by atoms with Gasteiger partial charge in [0.05, 0.1) is 17.0 Å². The fourth-order valence-electron chi connectivity index (χ4n) is 2.07. The number of nitrogens with one attached hydrogen (secondary N) is 1. The molecule has 1 atom stereocenters. The van der Waals surface area contributed by atoms with E-state index in [0.29, 0.717) is 11.5 Å². The maximum Gasteiger partial charge on any atom is 0.292 e. The number of carbonyl (C=O) groups is 1. The van der Waals surface area contributed by atoms with Crippen molar-refractivity contribution in [1.29, 1.82) is 0 Å². The van der Waals surface area contributed by atoms with Crippen molar-refractivity contribution in [2.75, 3.05) is 12.3 Å².